The third-order valence-electron chi connectivity index (χ3n) is 4.34. The third kappa shape index (κ3) is 4.15. The molecule has 0 saturated carbocycles. The van der Waals surface area contributed by atoms with Crippen LogP contribution >= 0.6 is 0 Å². The van der Waals surface area contributed by atoms with Gasteiger partial charge in [0.25, 0.3) is 0 Å². The molecule has 0 atom stereocenters. The van der Waals surface area contributed by atoms with Crippen molar-refractivity contribution in [3.8, 4) is 17.1 Å². The lowest BCUT2D eigenvalue weighted by Gasteiger charge is -2.10. The Hall–Kier alpha value is -4.02. The van der Waals surface area contributed by atoms with Crippen LogP contribution in [0.25, 0.3) is 22.3 Å². The maximum atomic E-state index is 13.4. The second kappa shape index (κ2) is 7.67. The van der Waals surface area contributed by atoms with Gasteiger partial charge in [0, 0.05) is 23.3 Å². The van der Waals surface area contributed by atoms with E-state index in [1.165, 1.54) is 42.9 Å². The zero-order valence-corrected chi connectivity index (χ0v) is 15.8. The molecule has 11 heteroatoms. The van der Waals surface area contributed by atoms with Crippen molar-refractivity contribution in [3.63, 3.8) is 0 Å². The van der Waals surface area contributed by atoms with Crippen LogP contribution in [0.3, 0.4) is 0 Å². The van der Waals surface area contributed by atoms with Crippen molar-refractivity contribution >= 4 is 17.0 Å². The number of nitrogens with one attached hydrogen (secondary N) is 1. The topological polar surface area (TPSA) is 81.9 Å². The molecular formula is C20H13F4N5O2. The highest BCUT2D eigenvalue weighted by molar-refractivity contribution is 5.87. The van der Waals surface area contributed by atoms with E-state index in [0.29, 0.717) is 5.56 Å². The van der Waals surface area contributed by atoms with Crippen LogP contribution in [0.2, 0.25) is 0 Å². The van der Waals surface area contributed by atoms with E-state index in [1.54, 1.807) is 13.0 Å². The maximum absolute atomic E-state index is 13.4. The van der Waals surface area contributed by atoms with Gasteiger partial charge in [-0.05, 0) is 25.1 Å². The summed E-state index contributed by atoms with van der Waals surface area (Å²) in [5.74, 6) is -0.240. The van der Waals surface area contributed by atoms with Crippen LogP contribution in [0.5, 0.6) is 5.75 Å². The van der Waals surface area contributed by atoms with E-state index >= 15 is 0 Å². The molecule has 0 bridgehead atoms. The molecule has 4 rings (SSSR count). The van der Waals surface area contributed by atoms with E-state index in [1.807, 2.05) is 0 Å². The largest absolute Gasteiger partial charge is 0.432 e. The second-order valence-corrected chi connectivity index (χ2v) is 6.46. The number of fused-ring (bicyclic) bond motifs is 1. The van der Waals surface area contributed by atoms with E-state index in [9.17, 15) is 22.4 Å². The standard InChI is InChI=1S/C20H13F4N5O2/c1-11-17(9-26-18(27-11)12-3-2-4-13(21)7-12)31-19(30)28-29-10-15(20(22,23)24)14-5-6-25-8-16(14)29/h2-10H,1H3,(H,28,30). The molecule has 0 radical (unpaired) electrons. The number of aryl methyl sites for hydroxylation is 1. The molecule has 0 saturated heterocycles. The van der Waals surface area contributed by atoms with Gasteiger partial charge in [0.05, 0.1) is 29.2 Å². The van der Waals surface area contributed by atoms with Crippen molar-refractivity contribution in [2.24, 2.45) is 0 Å². The number of carbonyl (C=O) groups is 1. The molecule has 0 aliphatic heterocycles. The lowest BCUT2D eigenvalue weighted by Crippen LogP contribution is -2.26. The van der Waals surface area contributed by atoms with Crippen molar-refractivity contribution in [2.75, 3.05) is 5.43 Å². The number of hydrogen-bond donors (Lipinski definition) is 1. The average Bonchev–Trinajstić information content (AvgIpc) is 3.08. The molecule has 0 unspecified atom stereocenters. The fourth-order valence-corrected chi connectivity index (χ4v) is 2.94. The van der Waals surface area contributed by atoms with Crippen LogP contribution in [0.15, 0.2) is 55.1 Å². The summed E-state index contributed by atoms with van der Waals surface area (Å²) in [6.07, 6.45) is -1.30. The number of aromatic nitrogens is 4. The second-order valence-electron chi connectivity index (χ2n) is 6.46. The van der Waals surface area contributed by atoms with Gasteiger partial charge in [-0.3, -0.25) is 9.66 Å². The van der Waals surface area contributed by atoms with Crippen LogP contribution in [-0.2, 0) is 6.18 Å². The number of carbonyl (C=O) groups excluding carboxylic acids is 1. The summed E-state index contributed by atoms with van der Waals surface area (Å²) in [6.45, 7) is 1.55. The molecule has 4 aromatic rings. The molecular weight excluding hydrogens is 418 g/mol. The molecule has 0 aliphatic rings. The molecule has 0 spiro atoms. The number of nitrogens with zero attached hydrogens (tertiary/aromatic N) is 4. The number of rotatable bonds is 3. The molecule has 7 nitrogen and oxygen atoms in total. The first kappa shape index (κ1) is 20.3. The third-order valence-corrected chi connectivity index (χ3v) is 4.34. The summed E-state index contributed by atoms with van der Waals surface area (Å²) in [7, 11) is 0. The van der Waals surface area contributed by atoms with E-state index < -0.39 is 23.7 Å². The Balaban J connectivity index is 1.56. The van der Waals surface area contributed by atoms with Crippen LogP contribution in [-0.4, -0.2) is 25.7 Å². The highest BCUT2D eigenvalue weighted by Gasteiger charge is 2.35. The van der Waals surface area contributed by atoms with E-state index in [4.69, 9.17) is 4.74 Å². The molecule has 0 fully saturated rings. The normalized spacial score (nSPS) is 11.5. The van der Waals surface area contributed by atoms with Gasteiger partial charge in [0.15, 0.2) is 11.6 Å². The fraction of sp³-hybridized carbons (Fsp3) is 0.100. The van der Waals surface area contributed by atoms with Gasteiger partial charge in [-0.1, -0.05) is 12.1 Å². The quantitative estimate of drug-likeness (QED) is 0.476. The molecule has 3 heterocycles. The highest BCUT2D eigenvalue weighted by Crippen LogP contribution is 2.35. The smallest absolute Gasteiger partial charge is 0.406 e. The van der Waals surface area contributed by atoms with Crippen molar-refractivity contribution < 1.29 is 27.1 Å². The predicted molar refractivity (Wildman–Crippen MR) is 102 cm³/mol. The van der Waals surface area contributed by atoms with Crippen molar-refractivity contribution in [2.45, 2.75) is 13.1 Å². The molecule has 0 aliphatic carbocycles. The minimum absolute atomic E-state index is 0.0108. The molecule has 1 aromatic carbocycles. The van der Waals surface area contributed by atoms with Crippen LogP contribution < -0.4 is 10.2 Å². The lowest BCUT2D eigenvalue weighted by atomic mass is 10.2. The average molecular weight is 431 g/mol. The van der Waals surface area contributed by atoms with Crippen LogP contribution in [0, 0.1) is 12.7 Å². The Kier molecular flexibility index (Phi) is 5.01. The summed E-state index contributed by atoms with van der Waals surface area (Å²) in [4.78, 5) is 24.3. The van der Waals surface area contributed by atoms with Crippen LogP contribution in [0.1, 0.15) is 11.3 Å². The van der Waals surface area contributed by atoms with Gasteiger partial charge in [-0.2, -0.15) is 13.2 Å². The number of amides is 1. The van der Waals surface area contributed by atoms with Crippen molar-refractivity contribution in [3.05, 3.63) is 72.2 Å². The van der Waals surface area contributed by atoms with Crippen molar-refractivity contribution in [1.29, 1.82) is 0 Å². The predicted octanol–water partition coefficient (Wildman–Crippen LogP) is 4.70. The minimum Gasteiger partial charge on any atom is -0.406 e. The minimum atomic E-state index is -4.62. The van der Waals surface area contributed by atoms with Gasteiger partial charge in [-0.15, -0.1) is 0 Å². The number of alkyl halides is 3. The first-order valence-electron chi connectivity index (χ1n) is 8.83. The Morgan fingerprint density at radius 3 is 2.71 bits per heavy atom. The molecule has 158 valence electrons. The highest BCUT2D eigenvalue weighted by atomic mass is 19.4. The number of pyridine rings is 1. The lowest BCUT2D eigenvalue weighted by molar-refractivity contribution is -0.136. The Morgan fingerprint density at radius 1 is 1.19 bits per heavy atom. The van der Waals surface area contributed by atoms with E-state index in [-0.39, 0.29) is 28.2 Å². The molecule has 3 aromatic heterocycles. The molecule has 1 amide bonds. The summed E-state index contributed by atoms with van der Waals surface area (Å²) >= 11 is 0. The maximum Gasteiger partial charge on any atom is 0.432 e. The van der Waals surface area contributed by atoms with Gasteiger partial charge in [0.2, 0.25) is 0 Å². The summed E-state index contributed by atoms with van der Waals surface area (Å²) in [6, 6.07) is 6.86. The van der Waals surface area contributed by atoms with Gasteiger partial charge in [-0.25, -0.2) is 24.6 Å². The number of hydrogen-bond acceptors (Lipinski definition) is 5. The Morgan fingerprint density at radius 2 is 2.00 bits per heavy atom. The zero-order valence-electron chi connectivity index (χ0n) is 15.8. The van der Waals surface area contributed by atoms with Gasteiger partial charge >= 0.3 is 12.3 Å². The number of halogens is 4. The fourth-order valence-electron chi connectivity index (χ4n) is 2.94. The first-order chi connectivity index (χ1) is 14.7. The van der Waals surface area contributed by atoms with Crippen molar-refractivity contribution in [1.82, 2.24) is 19.6 Å². The zero-order chi connectivity index (χ0) is 22.2. The monoisotopic (exact) mass is 431 g/mol. The molecule has 1 N–H and O–H groups in total. The first-order valence-corrected chi connectivity index (χ1v) is 8.83. The Bertz CT molecular complexity index is 1290. The number of ether oxygens (including phenoxy) is 1. The molecule has 31 heavy (non-hydrogen) atoms. The summed E-state index contributed by atoms with van der Waals surface area (Å²) < 4.78 is 59.2. The van der Waals surface area contributed by atoms with Gasteiger partial charge < -0.3 is 4.74 Å². The summed E-state index contributed by atoms with van der Waals surface area (Å²) in [5, 5.41) is -0.123. The summed E-state index contributed by atoms with van der Waals surface area (Å²) in [5.41, 5.74) is 2.05. The Labute approximate surface area is 172 Å². The SMILES string of the molecule is Cc1nc(-c2cccc(F)c2)ncc1OC(=O)Nn1cc(C(F)(F)F)c2ccncc21. The van der Waals surface area contributed by atoms with Gasteiger partial charge in [0.1, 0.15) is 5.82 Å². The van der Waals surface area contributed by atoms with Crippen LogP contribution in [0.4, 0.5) is 22.4 Å². The van der Waals surface area contributed by atoms with E-state index in [0.717, 1.165) is 10.9 Å². The number of benzene rings is 1. The van der Waals surface area contributed by atoms with E-state index in [2.05, 4.69) is 20.4 Å².